The molecule has 0 amide bonds. The highest BCUT2D eigenvalue weighted by Crippen LogP contribution is 2.64. The van der Waals surface area contributed by atoms with Crippen molar-refractivity contribution in [3.63, 3.8) is 0 Å². The second-order valence-electron chi connectivity index (χ2n) is 21.1. The summed E-state index contributed by atoms with van der Waals surface area (Å²) in [6.07, 6.45) is 4.06. The molecular formula is C72H41N7O. The number of rotatable bonds is 4. The number of nitrogens with zero attached hydrogens (tertiary/aromatic N) is 7. The summed E-state index contributed by atoms with van der Waals surface area (Å²) in [5.74, 6) is 1.45. The summed E-state index contributed by atoms with van der Waals surface area (Å²) in [6, 6.07) is 84.6. The second kappa shape index (κ2) is 15.8. The quantitative estimate of drug-likeness (QED) is 0.165. The van der Waals surface area contributed by atoms with Gasteiger partial charge in [-0.05, 0) is 84.2 Å². The monoisotopic (exact) mass is 1020 g/mol. The molecule has 0 saturated carbocycles. The Morgan fingerprint density at radius 2 is 0.662 bits per heavy atom. The van der Waals surface area contributed by atoms with Crippen molar-refractivity contribution in [2.45, 2.75) is 5.41 Å². The van der Waals surface area contributed by atoms with E-state index in [0.717, 1.165) is 128 Å². The van der Waals surface area contributed by atoms with Crippen LogP contribution in [0.1, 0.15) is 22.3 Å². The summed E-state index contributed by atoms with van der Waals surface area (Å²) in [4.78, 5) is 15.1. The first-order valence-corrected chi connectivity index (χ1v) is 27.0. The van der Waals surface area contributed by atoms with Gasteiger partial charge in [0.05, 0.1) is 103 Å². The SMILES string of the molecule is [C-]#[N+]c1ccc2c(c1)c1ccccc1n2-c1cccc2c1Oc1c(-n3c4ccccc4c4ccccc43)cccc1C21c2cc(-n3c4ccccc4c4ccccc43)cnc2-c2ncc(-n3c4ccccc4c4ccccc43)cc21. The van der Waals surface area contributed by atoms with Crippen LogP contribution in [-0.2, 0) is 5.41 Å². The van der Waals surface area contributed by atoms with Crippen LogP contribution in [0.2, 0.25) is 0 Å². The lowest BCUT2D eigenvalue weighted by molar-refractivity contribution is 0.433. The van der Waals surface area contributed by atoms with Crippen LogP contribution in [0.5, 0.6) is 11.5 Å². The number of hydrogen-bond donors (Lipinski definition) is 0. The minimum absolute atomic E-state index is 0.590. The third kappa shape index (κ3) is 5.47. The lowest BCUT2D eigenvalue weighted by atomic mass is 9.66. The standard InChI is InChI=1S/C72H41N7O/c1-73-43-36-37-65-53(38-43)52-24-8-15-33-64(52)79(65)67-35-17-26-55-71(67)80-70-54(25-16-34-66(70)78-62-31-13-6-22-50(62)51-23-7-14-32-63(51)78)72(55)56-39-44(76-58-27-9-2-18-46(58)47-19-3-10-28-59(47)76)41-74-68(56)69-57(72)40-45(42-75-69)77-60-29-11-4-20-48(60)49-21-5-12-30-61(49)77/h2-42H. The molecule has 0 unspecified atom stereocenters. The molecule has 80 heavy (non-hydrogen) atoms. The molecule has 0 bridgehead atoms. The minimum atomic E-state index is -1.07. The Labute approximate surface area is 457 Å². The highest BCUT2D eigenvalue weighted by molar-refractivity contribution is 6.13. The van der Waals surface area contributed by atoms with Crippen molar-refractivity contribution >= 4 is 92.9 Å². The molecule has 1 aliphatic heterocycles. The van der Waals surface area contributed by atoms with Crippen LogP contribution in [0.25, 0.3) is 126 Å². The molecule has 0 radical (unpaired) electrons. The average molecular weight is 1020 g/mol. The summed E-state index contributed by atoms with van der Waals surface area (Å²) < 4.78 is 17.4. The summed E-state index contributed by atoms with van der Waals surface area (Å²) in [5, 5.41) is 9.08. The Kier molecular flexibility index (Phi) is 8.52. The zero-order valence-electron chi connectivity index (χ0n) is 42.7. The van der Waals surface area contributed by atoms with Crippen molar-refractivity contribution in [3.05, 3.63) is 283 Å². The zero-order valence-corrected chi connectivity index (χ0v) is 42.7. The highest BCUT2D eigenvalue weighted by Gasteiger charge is 2.54. The van der Waals surface area contributed by atoms with E-state index in [-0.39, 0.29) is 0 Å². The number of para-hydroxylation sites is 9. The molecule has 10 aromatic carbocycles. The average Bonchev–Trinajstić information content (AvgIpc) is 4.48. The summed E-state index contributed by atoms with van der Waals surface area (Å²) in [7, 11) is 0. The first-order valence-electron chi connectivity index (χ1n) is 27.0. The molecule has 0 atom stereocenters. The Hall–Kier alpha value is -11.0. The van der Waals surface area contributed by atoms with Crippen LogP contribution in [0.15, 0.2) is 249 Å². The van der Waals surface area contributed by atoms with E-state index in [1.54, 1.807) is 0 Å². The van der Waals surface area contributed by atoms with Gasteiger partial charge in [-0.3, -0.25) is 9.97 Å². The van der Waals surface area contributed by atoms with Crippen LogP contribution in [0, 0.1) is 6.57 Å². The third-order valence-corrected chi connectivity index (χ3v) is 17.3. The lowest BCUT2D eigenvalue weighted by Crippen LogP contribution is -2.33. The molecule has 1 aliphatic carbocycles. The molecule has 1 spiro atoms. The molecule has 8 heteroatoms. The van der Waals surface area contributed by atoms with E-state index < -0.39 is 5.41 Å². The van der Waals surface area contributed by atoms with Gasteiger partial charge < -0.3 is 23.0 Å². The van der Waals surface area contributed by atoms with Gasteiger partial charge in [0.15, 0.2) is 17.2 Å². The molecular weight excluding hydrogens is 979 g/mol. The van der Waals surface area contributed by atoms with Gasteiger partial charge >= 0.3 is 0 Å². The maximum Gasteiger partial charge on any atom is 0.188 e. The minimum Gasteiger partial charge on any atom is -0.452 e. The molecule has 0 saturated heterocycles. The molecule has 8 nitrogen and oxygen atoms in total. The summed E-state index contributed by atoms with van der Waals surface area (Å²) >= 11 is 0. The summed E-state index contributed by atoms with van der Waals surface area (Å²) in [6.45, 7) is 8.05. The Morgan fingerprint density at radius 1 is 0.325 bits per heavy atom. The topological polar surface area (TPSA) is 59.1 Å². The number of pyridine rings is 2. The van der Waals surface area contributed by atoms with Gasteiger partial charge in [-0.1, -0.05) is 158 Å². The predicted molar refractivity (Wildman–Crippen MR) is 323 cm³/mol. The molecule has 0 fully saturated rings. The van der Waals surface area contributed by atoms with E-state index in [1.165, 1.54) is 21.5 Å². The van der Waals surface area contributed by atoms with Crippen molar-refractivity contribution in [1.82, 2.24) is 28.2 Å². The van der Waals surface area contributed by atoms with Crippen molar-refractivity contribution in [1.29, 1.82) is 0 Å². The predicted octanol–water partition coefficient (Wildman–Crippen LogP) is 17.9. The van der Waals surface area contributed by atoms with Gasteiger partial charge in [0, 0.05) is 60.0 Å². The maximum atomic E-state index is 8.05. The molecule has 7 heterocycles. The molecule has 2 aliphatic rings. The maximum absolute atomic E-state index is 8.05. The summed E-state index contributed by atoms with van der Waals surface area (Å²) in [5.41, 5.74) is 17.3. The van der Waals surface area contributed by atoms with Crippen molar-refractivity contribution in [3.8, 4) is 45.6 Å². The van der Waals surface area contributed by atoms with Gasteiger partial charge in [-0.25, -0.2) is 4.85 Å². The molecule has 370 valence electrons. The van der Waals surface area contributed by atoms with E-state index in [2.05, 4.69) is 248 Å². The number of benzene rings is 10. The Bertz CT molecular complexity index is 5130. The Morgan fingerprint density at radius 3 is 1.04 bits per heavy atom. The lowest BCUT2D eigenvalue weighted by Gasteiger charge is -2.40. The largest absolute Gasteiger partial charge is 0.452 e. The van der Waals surface area contributed by atoms with Crippen LogP contribution < -0.4 is 4.74 Å². The van der Waals surface area contributed by atoms with E-state index >= 15 is 0 Å². The van der Waals surface area contributed by atoms with Gasteiger partial charge in [-0.15, -0.1) is 0 Å². The van der Waals surface area contributed by atoms with E-state index in [4.69, 9.17) is 21.3 Å². The zero-order chi connectivity index (χ0) is 52.4. The fourth-order valence-electron chi connectivity index (χ4n) is 14.2. The van der Waals surface area contributed by atoms with Crippen LogP contribution in [0.3, 0.4) is 0 Å². The number of hydrogen-bond acceptors (Lipinski definition) is 3. The van der Waals surface area contributed by atoms with Gasteiger partial charge in [0.25, 0.3) is 0 Å². The normalized spacial score (nSPS) is 13.2. The van der Waals surface area contributed by atoms with Gasteiger partial charge in [0.1, 0.15) is 0 Å². The first kappa shape index (κ1) is 43.1. The van der Waals surface area contributed by atoms with Crippen molar-refractivity contribution in [2.75, 3.05) is 0 Å². The third-order valence-electron chi connectivity index (χ3n) is 17.3. The fourth-order valence-corrected chi connectivity index (χ4v) is 14.2. The molecule has 6 aromatic heterocycles. The fraction of sp³-hybridized carbons (Fsp3) is 0.0139. The smallest absolute Gasteiger partial charge is 0.188 e. The molecule has 0 N–H and O–H groups in total. The van der Waals surface area contributed by atoms with Crippen molar-refractivity contribution in [2.24, 2.45) is 0 Å². The van der Waals surface area contributed by atoms with E-state index in [0.29, 0.717) is 11.4 Å². The molecule has 16 aromatic rings. The van der Waals surface area contributed by atoms with Crippen LogP contribution in [-0.4, -0.2) is 28.2 Å². The second-order valence-corrected chi connectivity index (χ2v) is 21.1. The Balaban J connectivity index is 1.02. The van der Waals surface area contributed by atoms with E-state index in [9.17, 15) is 0 Å². The highest BCUT2D eigenvalue weighted by atomic mass is 16.5. The molecule has 18 rings (SSSR count). The first-order chi connectivity index (χ1) is 39.7. The number of aromatic nitrogens is 6. The van der Waals surface area contributed by atoms with Crippen molar-refractivity contribution < 1.29 is 4.74 Å². The van der Waals surface area contributed by atoms with Gasteiger partial charge in [0.2, 0.25) is 0 Å². The van der Waals surface area contributed by atoms with Crippen LogP contribution in [0.4, 0.5) is 5.69 Å². The van der Waals surface area contributed by atoms with Crippen LogP contribution >= 0.6 is 0 Å². The number of ether oxygens (including phenoxy) is 1. The number of fused-ring (bicyclic) bond motifs is 21. The van der Waals surface area contributed by atoms with E-state index in [1.807, 2.05) is 24.5 Å². The van der Waals surface area contributed by atoms with Gasteiger partial charge in [-0.2, -0.15) is 0 Å².